The highest BCUT2D eigenvalue weighted by atomic mass is 35.5. The van der Waals surface area contributed by atoms with Gasteiger partial charge in [-0.05, 0) is 42.8 Å². The molecular weight excluding hydrogens is 541 g/mol. The summed E-state index contributed by atoms with van der Waals surface area (Å²) in [5, 5.41) is 24.5. The van der Waals surface area contributed by atoms with E-state index in [0.29, 0.717) is 10.6 Å². The highest BCUT2D eigenvalue weighted by Crippen LogP contribution is 2.26. The monoisotopic (exact) mass is 559 g/mol. The molecule has 0 aliphatic rings. The number of aliphatic hydroxyl groups excluding tert-OH is 2. The molecule has 0 fully saturated rings. The van der Waals surface area contributed by atoms with Crippen molar-refractivity contribution in [3.63, 3.8) is 0 Å². The van der Waals surface area contributed by atoms with Crippen molar-refractivity contribution in [2.24, 2.45) is 0 Å². The Hall–Kier alpha value is -3.19. The molecule has 4 aromatic rings. The summed E-state index contributed by atoms with van der Waals surface area (Å²) in [6.07, 6.45) is -7.58. The number of nitrogens with zero attached hydrogens (tertiary/aromatic N) is 5. The van der Waals surface area contributed by atoms with Gasteiger partial charge in [0.1, 0.15) is 11.9 Å². The van der Waals surface area contributed by atoms with Crippen molar-refractivity contribution >= 4 is 23.2 Å². The Morgan fingerprint density at radius 1 is 1.05 bits per heavy atom. The molecule has 2 heterocycles. The third-order valence-corrected chi connectivity index (χ3v) is 5.84. The molecule has 1 unspecified atom stereocenters. The van der Waals surface area contributed by atoms with Gasteiger partial charge in [0, 0.05) is 16.2 Å². The lowest BCUT2D eigenvalue weighted by Crippen LogP contribution is -2.37. The van der Waals surface area contributed by atoms with Crippen molar-refractivity contribution in [3.05, 3.63) is 86.7 Å². The topological polar surface area (TPSA) is 98.1 Å². The van der Waals surface area contributed by atoms with Gasteiger partial charge in [-0.25, -0.2) is 18.9 Å². The molecule has 4 rings (SSSR count). The lowest BCUT2D eigenvalue weighted by Gasteiger charge is -2.16. The van der Waals surface area contributed by atoms with E-state index in [1.807, 2.05) is 0 Å². The average molecular weight is 560 g/mol. The van der Waals surface area contributed by atoms with Gasteiger partial charge in [0.2, 0.25) is 0 Å². The first-order valence-electron chi connectivity index (χ1n) is 10.7. The summed E-state index contributed by atoms with van der Waals surface area (Å²) in [5.74, 6) is -0.621. The van der Waals surface area contributed by atoms with Gasteiger partial charge < -0.3 is 10.2 Å². The molecule has 2 aromatic carbocycles. The number of benzene rings is 2. The van der Waals surface area contributed by atoms with Crippen LogP contribution in [0, 0.1) is 5.82 Å². The minimum Gasteiger partial charge on any atom is -0.385 e. The van der Waals surface area contributed by atoms with E-state index < -0.39 is 36.4 Å². The molecule has 0 aliphatic heterocycles. The van der Waals surface area contributed by atoms with Crippen molar-refractivity contribution in [2.75, 3.05) is 0 Å². The summed E-state index contributed by atoms with van der Waals surface area (Å²) < 4.78 is 56.2. The van der Waals surface area contributed by atoms with Gasteiger partial charge in [-0.1, -0.05) is 35.3 Å². The van der Waals surface area contributed by atoms with E-state index in [-0.39, 0.29) is 34.6 Å². The normalized spacial score (nSPS) is 13.6. The number of hydrogen-bond donors (Lipinski definition) is 2. The van der Waals surface area contributed by atoms with Gasteiger partial charge in [0.25, 0.3) is 0 Å². The molecule has 2 atom stereocenters. The van der Waals surface area contributed by atoms with Crippen LogP contribution in [0.4, 0.5) is 17.6 Å². The molecule has 0 spiro atoms. The Labute approximate surface area is 216 Å². The predicted octanol–water partition coefficient (Wildman–Crippen LogP) is 4.37. The minimum absolute atomic E-state index is 0.00885. The SMILES string of the molecule is C[C@H](O)c1nc(Cn2cc(-c3ccc(Cl)cc3)n(CC(O)C(F)(F)F)c2=O)nn1-c1cc(F)cc(Cl)c1. The van der Waals surface area contributed by atoms with Crippen molar-refractivity contribution in [2.45, 2.75) is 38.4 Å². The molecule has 0 aliphatic carbocycles. The average Bonchev–Trinajstić information content (AvgIpc) is 3.36. The van der Waals surface area contributed by atoms with E-state index in [9.17, 15) is 32.6 Å². The third-order valence-electron chi connectivity index (χ3n) is 5.37. The summed E-state index contributed by atoms with van der Waals surface area (Å²) in [6.45, 7) is 0.0607. The van der Waals surface area contributed by atoms with Gasteiger partial charge in [0.15, 0.2) is 17.8 Å². The van der Waals surface area contributed by atoms with E-state index in [1.165, 1.54) is 43.5 Å². The minimum atomic E-state index is -4.95. The number of imidazole rings is 1. The molecule has 37 heavy (non-hydrogen) atoms. The third kappa shape index (κ3) is 5.87. The Bertz CT molecular complexity index is 1460. The number of aliphatic hydroxyl groups is 2. The first kappa shape index (κ1) is 26.9. The number of aromatic nitrogens is 5. The molecule has 0 saturated heterocycles. The van der Waals surface area contributed by atoms with Crippen LogP contribution in [0.5, 0.6) is 0 Å². The molecule has 8 nitrogen and oxygen atoms in total. The number of alkyl halides is 3. The lowest BCUT2D eigenvalue weighted by atomic mass is 10.1. The number of rotatable bonds is 7. The maximum Gasteiger partial charge on any atom is 0.416 e. The molecule has 14 heteroatoms. The number of hydrogen-bond acceptors (Lipinski definition) is 5. The van der Waals surface area contributed by atoms with Crippen LogP contribution in [-0.4, -0.2) is 46.4 Å². The van der Waals surface area contributed by atoms with Gasteiger partial charge in [-0.15, -0.1) is 5.10 Å². The van der Waals surface area contributed by atoms with Crippen LogP contribution in [0.15, 0.2) is 53.5 Å². The lowest BCUT2D eigenvalue weighted by molar-refractivity contribution is -0.207. The second kappa shape index (κ2) is 10.3. The van der Waals surface area contributed by atoms with Crippen molar-refractivity contribution in [3.8, 4) is 16.9 Å². The molecule has 2 aromatic heterocycles. The Balaban J connectivity index is 1.78. The Kier molecular flexibility index (Phi) is 7.47. The van der Waals surface area contributed by atoms with E-state index in [4.69, 9.17) is 23.2 Å². The first-order chi connectivity index (χ1) is 17.3. The largest absolute Gasteiger partial charge is 0.416 e. The summed E-state index contributed by atoms with van der Waals surface area (Å²) >= 11 is 11.8. The quantitative estimate of drug-likeness (QED) is 0.328. The molecule has 196 valence electrons. The zero-order chi connectivity index (χ0) is 27.1. The fourth-order valence-electron chi connectivity index (χ4n) is 3.66. The van der Waals surface area contributed by atoms with Gasteiger partial charge >= 0.3 is 11.9 Å². The zero-order valence-corrected chi connectivity index (χ0v) is 20.5. The number of halogens is 6. The highest BCUT2D eigenvalue weighted by molar-refractivity contribution is 6.31. The summed E-state index contributed by atoms with van der Waals surface area (Å²) in [4.78, 5) is 17.4. The van der Waals surface area contributed by atoms with Crippen LogP contribution >= 0.6 is 23.2 Å². The van der Waals surface area contributed by atoms with E-state index in [0.717, 1.165) is 25.9 Å². The maximum absolute atomic E-state index is 13.9. The zero-order valence-electron chi connectivity index (χ0n) is 19.0. The summed E-state index contributed by atoms with van der Waals surface area (Å²) in [6, 6.07) is 9.65. The molecular formula is C23H19Cl2F4N5O3. The van der Waals surface area contributed by atoms with Crippen molar-refractivity contribution in [1.82, 2.24) is 23.9 Å². The summed E-state index contributed by atoms with van der Waals surface area (Å²) in [7, 11) is 0. The van der Waals surface area contributed by atoms with Gasteiger partial charge in [-0.3, -0.25) is 9.13 Å². The highest BCUT2D eigenvalue weighted by Gasteiger charge is 2.39. The second-order valence-corrected chi connectivity index (χ2v) is 9.07. The molecule has 0 radical (unpaired) electrons. The fourth-order valence-corrected chi connectivity index (χ4v) is 4.00. The fraction of sp³-hybridized carbons (Fsp3) is 0.261. The van der Waals surface area contributed by atoms with Crippen LogP contribution in [0.25, 0.3) is 16.9 Å². The van der Waals surface area contributed by atoms with E-state index in [2.05, 4.69) is 10.1 Å². The standard InChI is InChI=1S/C23H19Cl2F4N5O3/c1-12(35)21-30-20(31-34(21)17-7-15(25)6-16(26)8-17)11-32-9-18(13-2-4-14(24)5-3-13)33(22(32)37)10-19(36)23(27,28)29/h2-9,12,19,35-36H,10-11H2,1H3/t12-,19?/m0/s1. The molecule has 0 bridgehead atoms. The molecule has 0 saturated carbocycles. The van der Waals surface area contributed by atoms with Crippen molar-refractivity contribution < 1.29 is 27.8 Å². The van der Waals surface area contributed by atoms with Crippen LogP contribution in [-0.2, 0) is 13.1 Å². The predicted molar refractivity (Wildman–Crippen MR) is 127 cm³/mol. The van der Waals surface area contributed by atoms with Crippen LogP contribution in [0.2, 0.25) is 10.0 Å². The van der Waals surface area contributed by atoms with Crippen LogP contribution in [0.1, 0.15) is 24.7 Å². The van der Waals surface area contributed by atoms with Crippen LogP contribution < -0.4 is 5.69 Å². The van der Waals surface area contributed by atoms with E-state index >= 15 is 0 Å². The molecule has 0 amide bonds. The molecule has 2 N–H and O–H groups in total. The van der Waals surface area contributed by atoms with Gasteiger partial charge in [0.05, 0.1) is 24.5 Å². The maximum atomic E-state index is 13.9. The van der Waals surface area contributed by atoms with Crippen LogP contribution in [0.3, 0.4) is 0 Å². The Morgan fingerprint density at radius 2 is 1.73 bits per heavy atom. The Morgan fingerprint density at radius 3 is 2.32 bits per heavy atom. The van der Waals surface area contributed by atoms with Crippen molar-refractivity contribution in [1.29, 1.82) is 0 Å². The van der Waals surface area contributed by atoms with Gasteiger partial charge in [-0.2, -0.15) is 13.2 Å². The summed E-state index contributed by atoms with van der Waals surface area (Å²) in [5.41, 5.74) is -0.221. The first-order valence-corrected chi connectivity index (χ1v) is 11.5. The van der Waals surface area contributed by atoms with E-state index in [1.54, 1.807) is 0 Å². The smallest absolute Gasteiger partial charge is 0.385 e. The second-order valence-electron chi connectivity index (χ2n) is 8.20.